The standard InChI is InChI=1S/C19H28FN3O2/c1-2-22-8-10-23(11-9-22)18-6-5-15(13-16(18)20)19(25)21-17(7-12-24)14-3-4-14/h5-6,13-14,17,24H,2-4,7-12H2,1H3,(H,21,25). The van der Waals surface area contributed by atoms with E-state index in [4.69, 9.17) is 5.11 Å². The number of benzene rings is 1. The normalized spacial score (nSPS) is 19.7. The molecule has 0 aromatic heterocycles. The summed E-state index contributed by atoms with van der Waals surface area (Å²) in [7, 11) is 0. The minimum absolute atomic E-state index is 0.0117. The molecule has 1 aromatic carbocycles. The van der Waals surface area contributed by atoms with E-state index in [1.165, 1.54) is 6.07 Å². The smallest absolute Gasteiger partial charge is 0.251 e. The zero-order valence-corrected chi connectivity index (χ0v) is 14.9. The summed E-state index contributed by atoms with van der Waals surface area (Å²) < 4.78 is 14.6. The molecule has 0 radical (unpaired) electrons. The second-order valence-electron chi connectivity index (χ2n) is 7.02. The first-order valence-corrected chi connectivity index (χ1v) is 9.31. The van der Waals surface area contributed by atoms with Gasteiger partial charge in [0, 0.05) is 44.4 Å². The molecule has 5 nitrogen and oxygen atoms in total. The molecule has 3 rings (SSSR count). The highest BCUT2D eigenvalue weighted by atomic mass is 19.1. The van der Waals surface area contributed by atoms with Crippen LogP contribution in [0, 0.1) is 11.7 Å². The summed E-state index contributed by atoms with van der Waals surface area (Å²) in [4.78, 5) is 16.8. The number of rotatable bonds is 7. The van der Waals surface area contributed by atoms with Crippen LogP contribution in [-0.4, -0.2) is 61.3 Å². The zero-order valence-electron chi connectivity index (χ0n) is 14.9. The van der Waals surface area contributed by atoms with Crippen LogP contribution < -0.4 is 10.2 Å². The number of carbonyl (C=O) groups excluding carboxylic acids is 1. The van der Waals surface area contributed by atoms with Gasteiger partial charge in [-0.15, -0.1) is 0 Å². The molecule has 0 bridgehead atoms. The number of halogens is 1. The van der Waals surface area contributed by atoms with Crippen LogP contribution in [0.15, 0.2) is 18.2 Å². The minimum Gasteiger partial charge on any atom is -0.396 e. The number of aliphatic hydroxyl groups is 1. The van der Waals surface area contributed by atoms with Crippen molar-refractivity contribution in [2.45, 2.75) is 32.2 Å². The summed E-state index contributed by atoms with van der Waals surface area (Å²) >= 11 is 0. The molecule has 2 N–H and O–H groups in total. The zero-order chi connectivity index (χ0) is 17.8. The number of likely N-dealkylation sites (N-methyl/N-ethyl adjacent to an activating group) is 1. The van der Waals surface area contributed by atoms with Gasteiger partial charge in [-0.25, -0.2) is 4.39 Å². The number of amides is 1. The van der Waals surface area contributed by atoms with Crippen LogP contribution in [0.2, 0.25) is 0 Å². The first kappa shape index (κ1) is 18.1. The van der Waals surface area contributed by atoms with Crippen LogP contribution in [0.1, 0.15) is 36.5 Å². The summed E-state index contributed by atoms with van der Waals surface area (Å²) in [6, 6.07) is 4.73. The maximum absolute atomic E-state index is 14.6. The molecule has 138 valence electrons. The van der Waals surface area contributed by atoms with Gasteiger partial charge in [-0.3, -0.25) is 4.79 Å². The molecule has 1 amide bonds. The number of nitrogens with zero attached hydrogens (tertiary/aromatic N) is 2. The number of carbonyl (C=O) groups is 1. The van der Waals surface area contributed by atoms with Crippen molar-refractivity contribution in [2.24, 2.45) is 5.92 Å². The van der Waals surface area contributed by atoms with Crippen molar-refractivity contribution in [3.63, 3.8) is 0 Å². The van der Waals surface area contributed by atoms with Crippen molar-refractivity contribution in [2.75, 3.05) is 44.2 Å². The average Bonchev–Trinajstić information content (AvgIpc) is 3.46. The Hall–Kier alpha value is -1.66. The van der Waals surface area contributed by atoms with E-state index in [9.17, 15) is 9.18 Å². The van der Waals surface area contributed by atoms with Crippen LogP contribution in [0.3, 0.4) is 0 Å². The third-order valence-electron chi connectivity index (χ3n) is 5.32. The summed E-state index contributed by atoms with van der Waals surface area (Å²) in [6.45, 7) is 6.68. The summed E-state index contributed by atoms with van der Waals surface area (Å²) in [5, 5.41) is 12.1. The highest BCUT2D eigenvalue weighted by Crippen LogP contribution is 2.34. The van der Waals surface area contributed by atoms with E-state index in [1.807, 2.05) is 4.90 Å². The fourth-order valence-corrected chi connectivity index (χ4v) is 3.52. The van der Waals surface area contributed by atoms with E-state index in [2.05, 4.69) is 17.1 Å². The SMILES string of the molecule is CCN1CCN(c2ccc(C(=O)NC(CCO)C3CC3)cc2F)CC1. The van der Waals surface area contributed by atoms with Crippen LogP contribution in [0.5, 0.6) is 0 Å². The molecule has 25 heavy (non-hydrogen) atoms. The maximum Gasteiger partial charge on any atom is 0.251 e. The number of piperazine rings is 1. The van der Waals surface area contributed by atoms with E-state index in [-0.39, 0.29) is 24.4 Å². The lowest BCUT2D eigenvalue weighted by molar-refractivity contribution is 0.0924. The van der Waals surface area contributed by atoms with Gasteiger partial charge in [-0.2, -0.15) is 0 Å². The Balaban J connectivity index is 1.64. The highest BCUT2D eigenvalue weighted by Gasteiger charge is 2.32. The largest absolute Gasteiger partial charge is 0.396 e. The Labute approximate surface area is 148 Å². The van der Waals surface area contributed by atoms with Gasteiger partial charge in [0.2, 0.25) is 0 Å². The van der Waals surface area contributed by atoms with Crippen molar-refractivity contribution < 1.29 is 14.3 Å². The molecular weight excluding hydrogens is 321 g/mol. The average molecular weight is 349 g/mol. The van der Waals surface area contributed by atoms with Gasteiger partial charge in [-0.05, 0) is 49.9 Å². The number of hydrogen-bond donors (Lipinski definition) is 2. The predicted octanol–water partition coefficient (Wildman–Crippen LogP) is 1.86. The second kappa shape index (κ2) is 8.15. The van der Waals surface area contributed by atoms with Gasteiger partial charge in [0.25, 0.3) is 5.91 Å². The van der Waals surface area contributed by atoms with Gasteiger partial charge in [0.1, 0.15) is 5.82 Å². The van der Waals surface area contributed by atoms with E-state index >= 15 is 0 Å². The van der Waals surface area contributed by atoms with Crippen LogP contribution in [0.4, 0.5) is 10.1 Å². The fraction of sp³-hybridized carbons (Fsp3) is 0.632. The van der Waals surface area contributed by atoms with Crippen LogP contribution >= 0.6 is 0 Å². The summed E-state index contributed by atoms with van der Waals surface area (Å²) in [5.41, 5.74) is 0.915. The monoisotopic (exact) mass is 349 g/mol. The van der Waals surface area contributed by atoms with Gasteiger partial charge < -0.3 is 20.2 Å². The molecule has 1 atom stereocenters. The third-order valence-corrected chi connectivity index (χ3v) is 5.32. The molecule has 2 fully saturated rings. The van der Waals surface area contributed by atoms with Crippen molar-refractivity contribution in [3.05, 3.63) is 29.6 Å². The first-order valence-electron chi connectivity index (χ1n) is 9.31. The van der Waals surface area contributed by atoms with Crippen molar-refractivity contribution in [1.82, 2.24) is 10.2 Å². The Morgan fingerprint density at radius 2 is 2.04 bits per heavy atom. The number of aliphatic hydroxyl groups excluding tert-OH is 1. The van der Waals surface area contributed by atoms with E-state index < -0.39 is 0 Å². The Morgan fingerprint density at radius 1 is 1.32 bits per heavy atom. The van der Waals surface area contributed by atoms with Crippen molar-refractivity contribution in [3.8, 4) is 0 Å². The topological polar surface area (TPSA) is 55.8 Å². The molecule has 1 saturated heterocycles. The van der Waals surface area contributed by atoms with Gasteiger partial charge >= 0.3 is 0 Å². The molecule has 1 unspecified atom stereocenters. The van der Waals surface area contributed by atoms with E-state index in [0.717, 1.165) is 45.6 Å². The summed E-state index contributed by atoms with van der Waals surface area (Å²) in [6.07, 6.45) is 2.72. The molecule has 1 saturated carbocycles. The van der Waals surface area contributed by atoms with Gasteiger partial charge in [0.05, 0.1) is 5.69 Å². The molecule has 2 aliphatic rings. The quantitative estimate of drug-likeness (QED) is 0.789. The Bertz CT molecular complexity index is 598. The second-order valence-corrected chi connectivity index (χ2v) is 7.02. The number of anilines is 1. The van der Waals surface area contributed by atoms with Gasteiger partial charge in [0.15, 0.2) is 0 Å². The van der Waals surface area contributed by atoms with Crippen LogP contribution in [0.25, 0.3) is 0 Å². The molecule has 6 heteroatoms. The molecule has 1 aromatic rings. The van der Waals surface area contributed by atoms with Gasteiger partial charge in [-0.1, -0.05) is 6.92 Å². The lowest BCUT2D eigenvalue weighted by Crippen LogP contribution is -2.46. The molecule has 1 aliphatic carbocycles. The maximum atomic E-state index is 14.6. The van der Waals surface area contributed by atoms with E-state index in [1.54, 1.807) is 12.1 Å². The number of hydrogen-bond acceptors (Lipinski definition) is 4. The third kappa shape index (κ3) is 4.50. The van der Waals surface area contributed by atoms with Crippen molar-refractivity contribution >= 4 is 11.6 Å². The first-order chi connectivity index (χ1) is 12.1. The van der Waals surface area contributed by atoms with E-state index in [0.29, 0.717) is 23.6 Å². The predicted molar refractivity (Wildman–Crippen MR) is 96.4 cm³/mol. The fourth-order valence-electron chi connectivity index (χ4n) is 3.52. The molecule has 1 aliphatic heterocycles. The van der Waals surface area contributed by atoms with Crippen LogP contribution in [-0.2, 0) is 0 Å². The molecule has 1 heterocycles. The highest BCUT2D eigenvalue weighted by molar-refractivity contribution is 5.94. The molecular formula is C19H28FN3O2. The summed E-state index contributed by atoms with van der Waals surface area (Å²) in [5.74, 6) is -0.149. The number of nitrogens with one attached hydrogen (secondary N) is 1. The lowest BCUT2D eigenvalue weighted by Gasteiger charge is -2.35. The molecule has 0 spiro atoms. The Morgan fingerprint density at radius 3 is 2.60 bits per heavy atom. The minimum atomic E-state index is -0.345. The lowest BCUT2D eigenvalue weighted by atomic mass is 10.1. The van der Waals surface area contributed by atoms with Crippen molar-refractivity contribution in [1.29, 1.82) is 0 Å². The Kier molecular flexibility index (Phi) is 5.91.